The SMILES string of the molecule is CCCC(CCC)C(=O)N(C)c1ccncc1N. The summed E-state index contributed by atoms with van der Waals surface area (Å²) < 4.78 is 0. The number of hydrogen-bond acceptors (Lipinski definition) is 3. The van der Waals surface area contributed by atoms with Crippen LogP contribution in [0.15, 0.2) is 18.5 Å². The van der Waals surface area contributed by atoms with Gasteiger partial charge in [-0.2, -0.15) is 0 Å². The summed E-state index contributed by atoms with van der Waals surface area (Å²) >= 11 is 0. The molecule has 0 bridgehead atoms. The largest absolute Gasteiger partial charge is 0.396 e. The molecule has 0 saturated heterocycles. The molecule has 0 saturated carbocycles. The van der Waals surface area contributed by atoms with Gasteiger partial charge in [-0.15, -0.1) is 0 Å². The summed E-state index contributed by atoms with van der Waals surface area (Å²) in [4.78, 5) is 18.0. The van der Waals surface area contributed by atoms with Crippen molar-refractivity contribution in [3.8, 4) is 0 Å². The summed E-state index contributed by atoms with van der Waals surface area (Å²) in [5.74, 6) is 0.245. The lowest BCUT2D eigenvalue weighted by molar-refractivity contribution is -0.122. The van der Waals surface area contributed by atoms with Crippen LogP contribution in [0.3, 0.4) is 0 Å². The monoisotopic (exact) mass is 249 g/mol. The van der Waals surface area contributed by atoms with E-state index in [2.05, 4.69) is 18.8 Å². The Balaban J connectivity index is 2.84. The lowest BCUT2D eigenvalue weighted by Crippen LogP contribution is -2.33. The maximum atomic E-state index is 12.4. The summed E-state index contributed by atoms with van der Waals surface area (Å²) in [5.41, 5.74) is 7.14. The van der Waals surface area contributed by atoms with Crippen LogP contribution in [0.4, 0.5) is 11.4 Å². The smallest absolute Gasteiger partial charge is 0.229 e. The standard InChI is InChI=1S/C14H23N3O/c1-4-6-11(7-5-2)14(18)17(3)13-8-9-16-10-12(13)15/h8-11H,4-7,15H2,1-3H3. The molecule has 0 aliphatic carbocycles. The third kappa shape index (κ3) is 3.45. The Hall–Kier alpha value is -1.58. The molecule has 0 atom stereocenters. The van der Waals surface area contributed by atoms with Crippen molar-refractivity contribution in [3.63, 3.8) is 0 Å². The second-order valence-corrected chi connectivity index (χ2v) is 4.61. The van der Waals surface area contributed by atoms with Crippen molar-refractivity contribution in [2.75, 3.05) is 17.7 Å². The number of carbonyl (C=O) groups excluding carboxylic acids is 1. The van der Waals surface area contributed by atoms with Crippen LogP contribution < -0.4 is 10.6 Å². The normalized spacial score (nSPS) is 10.7. The molecular weight excluding hydrogens is 226 g/mol. The molecule has 0 spiro atoms. The molecule has 4 heteroatoms. The van der Waals surface area contributed by atoms with Gasteiger partial charge in [-0.05, 0) is 18.9 Å². The minimum absolute atomic E-state index is 0.0950. The Bertz CT molecular complexity index is 386. The van der Waals surface area contributed by atoms with E-state index in [4.69, 9.17) is 5.73 Å². The lowest BCUT2D eigenvalue weighted by atomic mass is 9.96. The number of nitrogens with two attached hydrogens (primary N) is 1. The van der Waals surface area contributed by atoms with Crippen molar-refractivity contribution in [1.82, 2.24) is 4.98 Å². The average molecular weight is 249 g/mol. The van der Waals surface area contributed by atoms with Gasteiger partial charge in [0.1, 0.15) is 0 Å². The molecular formula is C14H23N3O. The quantitative estimate of drug-likeness (QED) is 0.843. The van der Waals surface area contributed by atoms with Crippen LogP contribution in [-0.2, 0) is 4.79 Å². The minimum atomic E-state index is 0.0950. The van der Waals surface area contributed by atoms with Crippen molar-refractivity contribution in [3.05, 3.63) is 18.5 Å². The summed E-state index contributed by atoms with van der Waals surface area (Å²) in [5, 5.41) is 0. The lowest BCUT2D eigenvalue weighted by Gasteiger charge is -2.24. The predicted octanol–water partition coefficient (Wildman–Crippen LogP) is 2.84. The topological polar surface area (TPSA) is 59.2 Å². The van der Waals surface area contributed by atoms with Crippen LogP contribution in [0.25, 0.3) is 0 Å². The van der Waals surface area contributed by atoms with Gasteiger partial charge in [0, 0.05) is 19.2 Å². The minimum Gasteiger partial charge on any atom is -0.396 e. The Morgan fingerprint density at radius 3 is 2.50 bits per heavy atom. The zero-order valence-corrected chi connectivity index (χ0v) is 11.5. The molecule has 0 aromatic carbocycles. The molecule has 1 amide bonds. The van der Waals surface area contributed by atoms with Crippen LogP contribution in [0.2, 0.25) is 0 Å². The zero-order valence-electron chi connectivity index (χ0n) is 11.5. The number of hydrogen-bond donors (Lipinski definition) is 1. The molecule has 2 N–H and O–H groups in total. The second kappa shape index (κ2) is 6.99. The highest BCUT2D eigenvalue weighted by Crippen LogP contribution is 2.24. The summed E-state index contributed by atoms with van der Waals surface area (Å²) in [6.07, 6.45) is 7.15. The highest BCUT2D eigenvalue weighted by molar-refractivity contribution is 5.97. The molecule has 1 aromatic heterocycles. The van der Waals surface area contributed by atoms with Crippen LogP contribution in [0, 0.1) is 5.92 Å². The van der Waals surface area contributed by atoms with Crippen LogP contribution in [0.5, 0.6) is 0 Å². The fourth-order valence-corrected chi connectivity index (χ4v) is 2.19. The number of nitrogens with zero attached hydrogens (tertiary/aromatic N) is 2. The zero-order chi connectivity index (χ0) is 13.5. The van der Waals surface area contributed by atoms with Gasteiger partial charge in [0.25, 0.3) is 0 Å². The summed E-state index contributed by atoms with van der Waals surface area (Å²) in [6.45, 7) is 4.22. The molecule has 0 aliphatic heterocycles. The predicted molar refractivity (Wildman–Crippen MR) is 75.4 cm³/mol. The van der Waals surface area contributed by atoms with Crippen LogP contribution in [-0.4, -0.2) is 17.9 Å². The molecule has 0 radical (unpaired) electrons. The Labute approximate surface area is 109 Å². The molecule has 18 heavy (non-hydrogen) atoms. The molecule has 4 nitrogen and oxygen atoms in total. The first-order chi connectivity index (χ1) is 8.61. The van der Waals surface area contributed by atoms with E-state index in [0.717, 1.165) is 31.4 Å². The van der Waals surface area contributed by atoms with Gasteiger partial charge < -0.3 is 10.6 Å². The molecule has 0 unspecified atom stereocenters. The van der Waals surface area contributed by atoms with Crippen LogP contribution >= 0.6 is 0 Å². The van der Waals surface area contributed by atoms with Crippen molar-refractivity contribution in [1.29, 1.82) is 0 Å². The summed E-state index contributed by atoms with van der Waals surface area (Å²) in [6, 6.07) is 1.78. The number of aromatic nitrogens is 1. The van der Waals surface area contributed by atoms with Gasteiger partial charge in [0.2, 0.25) is 5.91 Å². The van der Waals surface area contributed by atoms with Crippen molar-refractivity contribution in [2.24, 2.45) is 5.92 Å². The van der Waals surface area contributed by atoms with E-state index < -0.39 is 0 Å². The van der Waals surface area contributed by atoms with E-state index in [1.165, 1.54) is 0 Å². The first-order valence-electron chi connectivity index (χ1n) is 6.58. The van der Waals surface area contributed by atoms with E-state index in [-0.39, 0.29) is 11.8 Å². The van der Waals surface area contributed by atoms with Crippen molar-refractivity contribution in [2.45, 2.75) is 39.5 Å². The van der Waals surface area contributed by atoms with Gasteiger partial charge in [-0.1, -0.05) is 26.7 Å². The van der Waals surface area contributed by atoms with E-state index in [1.54, 1.807) is 30.4 Å². The Kier molecular flexibility index (Phi) is 5.62. The number of pyridine rings is 1. The van der Waals surface area contributed by atoms with Gasteiger partial charge >= 0.3 is 0 Å². The number of amides is 1. The van der Waals surface area contributed by atoms with Gasteiger partial charge in [0.15, 0.2) is 0 Å². The van der Waals surface area contributed by atoms with E-state index >= 15 is 0 Å². The maximum absolute atomic E-state index is 12.4. The van der Waals surface area contributed by atoms with E-state index in [9.17, 15) is 4.79 Å². The number of carbonyl (C=O) groups is 1. The first kappa shape index (κ1) is 14.5. The molecule has 1 aromatic rings. The van der Waals surface area contributed by atoms with Crippen LogP contribution in [0.1, 0.15) is 39.5 Å². The van der Waals surface area contributed by atoms with Gasteiger partial charge in [-0.25, -0.2) is 0 Å². The second-order valence-electron chi connectivity index (χ2n) is 4.61. The number of nitrogen functional groups attached to an aromatic ring is 1. The molecule has 0 aliphatic rings. The third-order valence-corrected chi connectivity index (χ3v) is 3.14. The molecule has 1 rings (SSSR count). The first-order valence-corrected chi connectivity index (χ1v) is 6.58. The number of anilines is 2. The highest BCUT2D eigenvalue weighted by atomic mass is 16.2. The fourth-order valence-electron chi connectivity index (χ4n) is 2.19. The Morgan fingerprint density at radius 2 is 2.00 bits per heavy atom. The van der Waals surface area contributed by atoms with E-state index in [1.807, 2.05) is 0 Å². The van der Waals surface area contributed by atoms with E-state index in [0.29, 0.717) is 5.69 Å². The highest BCUT2D eigenvalue weighted by Gasteiger charge is 2.22. The van der Waals surface area contributed by atoms with Crippen molar-refractivity contribution < 1.29 is 4.79 Å². The average Bonchev–Trinajstić information content (AvgIpc) is 2.37. The van der Waals surface area contributed by atoms with Crippen molar-refractivity contribution >= 4 is 17.3 Å². The molecule has 0 fully saturated rings. The maximum Gasteiger partial charge on any atom is 0.229 e. The molecule has 100 valence electrons. The molecule has 1 heterocycles. The third-order valence-electron chi connectivity index (χ3n) is 3.14. The summed E-state index contributed by atoms with van der Waals surface area (Å²) in [7, 11) is 1.78. The Morgan fingerprint density at radius 1 is 1.39 bits per heavy atom. The number of rotatable bonds is 6. The van der Waals surface area contributed by atoms with Gasteiger partial charge in [0.05, 0.1) is 17.6 Å². The fraction of sp³-hybridized carbons (Fsp3) is 0.571. The van der Waals surface area contributed by atoms with Gasteiger partial charge in [-0.3, -0.25) is 9.78 Å².